The molecular weight excluding hydrogens is 300 g/mol. The third-order valence-corrected chi connectivity index (χ3v) is 3.17. The second-order valence-corrected chi connectivity index (χ2v) is 4.57. The Labute approximate surface area is 121 Å². The van der Waals surface area contributed by atoms with Gasteiger partial charge in [-0.25, -0.2) is 17.6 Å². The highest BCUT2D eigenvalue weighted by molar-refractivity contribution is 6.12. The van der Waals surface area contributed by atoms with E-state index >= 15 is 0 Å². The number of H-pyrrole nitrogens is 1. The predicted molar refractivity (Wildman–Crippen MR) is 72.5 cm³/mol. The minimum atomic E-state index is -1.68. The van der Waals surface area contributed by atoms with Crippen LogP contribution in [0.15, 0.2) is 36.5 Å². The van der Waals surface area contributed by atoms with Crippen molar-refractivity contribution in [1.29, 1.82) is 0 Å². The number of hydrogen-bond acceptors (Lipinski definition) is 1. The Hall–Kier alpha value is -2.83. The molecule has 0 atom stereocenters. The fraction of sp³-hybridized carbons (Fsp3) is 0. The molecular formula is C15H8F4N2O. The lowest BCUT2D eigenvalue weighted by Crippen LogP contribution is -2.13. The molecule has 1 heterocycles. The molecule has 1 aromatic heterocycles. The van der Waals surface area contributed by atoms with Gasteiger partial charge in [-0.1, -0.05) is 0 Å². The van der Waals surface area contributed by atoms with Gasteiger partial charge in [-0.15, -0.1) is 0 Å². The molecule has 3 nitrogen and oxygen atoms in total. The van der Waals surface area contributed by atoms with E-state index in [0.29, 0.717) is 17.0 Å². The fourth-order valence-electron chi connectivity index (χ4n) is 2.09. The van der Waals surface area contributed by atoms with Gasteiger partial charge < -0.3 is 10.3 Å². The first-order valence-corrected chi connectivity index (χ1v) is 6.19. The molecule has 0 saturated carbocycles. The Morgan fingerprint density at radius 1 is 1.00 bits per heavy atom. The second-order valence-electron chi connectivity index (χ2n) is 4.57. The number of anilines is 1. The first kappa shape index (κ1) is 14.1. The van der Waals surface area contributed by atoms with Gasteiger partial charge in [-0.2, -0.15) is 0 Å². The molecule has 2 aromatic carbocycles. The highest BCUT2D eigenvalue weighted by Crippen LogP contribution is 2.23. The van der Waals surface area contributed by atoms with Crippen LogP contribution < -0.4 is 5.32 Å². The van der Waals surface area contributed by atoms with Crippen molar-refractivity contribution >= 4 is 22.5 Å². The molecule has 22 heavy (non-hydrogen) atoms. The number of carbonyl (C=O) groups excluding carboxylic acids is 1. The van der Waals surface area contributed by atoms with Crippen LogP contribution in [0.1, 0.15) is 10.4 Å². The topological polar surface area (TPSA) is 44.9 Å². The predicted octanol–water partition coefficient (Wildman–Crippen LogP) is 3.98. The molecule has 0 saturated heterocycles. The van der Waals surface area contributed by atoms with Crippen molar-refractivity contribution in [2.75, 3.05) is 5.32 Å². The largest absolute Gasteiger partial charge is 0.360 e. The van der Waals surface area contributed by atoms with Crippen LogP contribution in [0.25, 0.3) is 10.9 Å². The summed E-state index contributed by atoms with van der Waals surface area (Å²) < 4.78 is 52.8. The summed E-state index contributed by atoms with van der Waals surface area (Å²) >= 11 is 0. The van der Waals surface area contributed by atoms with Gasteiger partial charge in [-0.05, 0) is 30.3 Å². The Bertz CT molecular complexity index is 889. The van der Waals surface area contributed by atoms with Gasteiger partial charge >= 0.3 is 0 Å². The number of benzene rings is 2. The number of hydrogen-bond donors (Lipinski definition) is 2. The summed E-state index contributed by atoms with van der Waals surface area (Å²) in [7, 11) is 0. The van der Waals surface area contributed by atoms with E-state index < -0.39 is 34.9 Å². The van der Waals surface area contributed by atoms with Gasteiger partial charge in [0, 0.05) is 17.1 Å². The minimum Gasteiger partial charge on any atom is -0.360 e. The first-order chi connectivity index (χ1) is 10.5. The molecule has 0 spiro atoms. The highest BCUT2D eigenvalue weighted by Gasteiger charge is 2.18. The summed E-state index contributed by atoms with van der Waals surface area (Å²) in [5.41, 5.74) is 0.0607. The van der Waals surface area contributed by atoms with E-state index in [1.54, 1.807) is 0 Å². The first-order valence-electron chi connectivity index (χ1n) is 6.19. The summed E-state index contributed by atoms with van der Waals surface area (Å²) in [6.45, 7) is 0. The van der Waals surface area contributed by atoms with Crippen LogP contribution in [-0.2, 0) is 0 Å². The lowest BCUT2D eigenvalue weighted by atomic mass is 10.1. The highest BCUT2D eigenvalue weighted by atomic mass is 19.2. The van der Waals surface area contributed by atoms with Crippen LogP contribution in [0.5, 0.6) is 0 Å². The quantitative estimate of drug-likeness (QED) is 0.546. The van der Waals surface area contributed by atoms with Crippen LogP contribution in [0.2, 0.25) is 0 Å². The average Bonchev–Trinajstić information content (AvgIpc) is 2.91. The van der Waals surface area contributed by atoms with Crippen molar-refractivity contribution in [3.63, 3.8) is 0 Å². The zero-order valence-corrected chi connectivity index (χ0v) is 10.9. The Morgan fingerprint density at radius 3 is 2.55 bits per heavy atom. The smallest absolute Gasteiger partial charge is 0.257 e. The van der Waals surface area contributed by atoms with Gasteiger partial charge in [0.2, 0.25) is 0 Å². The standard InChI is InChI=1S/C15H8F4N2O/c16-7-1-3-11-8(5-7)9(6-20-11)15(22)21-12-4-2-10(17)13(18)14(12)19/h1-6,20H,(H,21,22). The lowest BCUT2D eigenvalue weighted by Gasteiger charge is -2.06. The van der Waals surface area contributed by atoms with Crippen LogP contribution in [0, 0.1) is 23.3 Å². The van der Waals surface area contributed by atoms with Crippen molar-refractivity contribution in [1.82, 2.24) is 4.98 Å². The molecule has 0 unspecified atom stereocenters. The van der Waals surface area contributed by atoms with Crippen LogP contribution in [0.4, 0.5) is 23.2 Å². The summed E-state index contributed by atoms with van der Waals surface area (Å²) in [4.78, 5) is 14.9. The summed E-state index contributed by atoms with van der Waals surface area (Å²) in [6.07, 6.45) is 1.32. The molecule has 2 N–H and O–H groups in total. The number of halogens is 4. The fourth-order valence-corrected chi connectivity index (χ4v) is 2.09. The third-order valence-electron chi connectivity index (χ3n) is 3.17. The molecule has 0 aliphatic heterocycles. The van der Waals surface area contributed by atoms with Gasteiger partial charge in [0.25, 0.3) is 5.91 Å². The number of carbonyl (C=O) groups is 1. The lowest BCUT2D eigenvalue weighted by molar-refractivity contribution is 0.102. The molecule has 0 aliphatic rings. The summed E-state index contributed by atoms with van der Waals surface area (Å²) in [6, 6.07) is 5.40. The van der Waals surface area contributed by atoms with Gasteiger partial charge in [0.15, 0.2) is 17.5 Å². The maximum absolute atomic E-state index is 13.5. The van der Waals surface area contributed by atoms with Crippen molar-refractivity contribution in [3.8, 4) is 0 Å². The molecule has 0 radical (unpaired) electrons. The monoisotopic (exact) mass is 308 g/mol. The number of fused-ring (bicyclic) bond motifs is 1. The van der Waals surface area contributed by atoms with E-state index in [1.165, 1.54) is 18.3 Å². The third kappa shape index (κ3) is 2.30. The Balaban J connectivity index is 1.97. The van der Waals surface area contributed by atoms with E-state index in [-0.39, 0.29) is 5.56 Å². The number of nitrogens with one attached hydrogen (secondary N) is 2. The van der Waals surface area contributed by atoms with E-state index in [9.17, 15) is 22.4 Å². The average molecular weight is 308 g/mol. The number of aromatic amines is 1. The molecule has 7 heteroatoms. The molecule has 3 aromatic rings. The normalized spacial score (nSPS) is 10.9. The molecule has 3 rings (SSSR count). The van der Waals surface area contributed by atoms with E-state index in [0.717, 1.165) is 12.1 Å². The van der Waals surface area contributed by atoms with Crippen molar-refractivity contribution in [2.45, 2.75) is 0 Å². The molecule has 1 amide bonds. The molecule has 0 bridgehead atoms. The van der Waals surface area contributed by atoms with E-state index in [1.807, 2.05) is 0 Å². The van der Waals surface area contributed by atoms with Crippen LogP contribution in [0.3, 0.4) is 0 Å². The van der Waals surface area contributed by atoms with Crippen LogP contribution in [-0.4, -0.2) is 10.9 Å². The Morgan fingerprint density at radius 2 is 1.77 bits per heavy atom. The molecule has 0 fully saturated rings. The zero-order chi connectivity index (χ0) is 15.9. The number of aromatic nitrogens is 1. The zero-order valence-electron chi connectivity index (χ0n) is 10.9. The summed E-state index contributed by atoms with van der Waals surface area (Å²) in [5, 5.41) is 2.42. The van der Waals surface area contributed by atoms with E-state index in [2.05, 4.69) is 10.3 Å². The number of amides is 1. The maximum atomic E-state index is 13.5. The molecule has 0 aliphatic carbocycles. The SMILES string of the molecule is O=C(Nc1ccc(F)c(F)c1F)c1c[nH]c2ccc(F)cc12. The van der Waals surface area contributed by atoms with Gasteiger partial charge in [-0.3, -0.25) is 4.79 Å². The summed E-state index contributed by atoms with van der Waals surface area (Å²) in [5.74, 6) is -5.85. The maximum Gasteiger partial charge on any atom is 0.257 e. The minimum absolute atomic E-state index is 0.0543. The van der Waals surface area contributed by atoms with Crippen LogP contribution >= 0.6 is 0 Å². The van der Waals surface area contributed by atoms with Gasteiger partial charge in [0.05, 0.1) is 11.3 Å². The van der Waals surface area contributed by atoms with Crippen molar-refractivity contribution in [2.24, 2.45) is 0 Å². The number of rotatable bonds is 2. The van der Waals surface area contributed by atoms with Crippen molar-refractivity contribution in [3.05, 3.63) is 65.4 Å². The van der Waals surface area contributed by atoms with E-state index in [4.69, 9.17) is 0 Å². The molecule has 112 valence electrons. The van der Waals surface area contributed by atoms with Crippen molar-refractivity contribution < 1.29 is 22.4 Å². The second kappa shape index (κ2) is 5.18. The van der Waals surface area contributed by atoms with Gasteiger partial charge in [0.1, 0.15) is 5.82 Å². The Kier molecular flexibility index (Phi) is 3.32.